The van der Waals surface area contributed by atoms with E-state index in [2.05, 4.69) is 0 Å². The summed E-state index contributed by atoms with van der Waals surface area (Å²) in [5.74, 6) is -0.324. The van der Waals surface area contributed by atoms with Crippen LogP contribution in [0.5, 0.6) is 0 Å². The van der Waals surface area contributed by atoms with E-state index < -0.39 is 6.43 Å². The number of ketones is 1. The van der Waals surface area contributed by atoms with Crippen molar-refractivity contribution in [2.24, 2.45) is 0 Å². The van der Waals surface area contributed by atoms with Crippen molar-refractivity contribution in [3.05, 3.63) is 34.9 Å². The van der Waals surface area contributed by atoms with Crippen molar-refractivity contribution in [1.82, 2.24) is 0 Å². The van der Waals surface area contributed by atoms with E-state index >= 15 is 0 Å². The predicted octanol–water partition coefficient (Wildman–Crippen LogP) is 3.14. The fraction of sp³-hybridized carbons (Fsp3) is 0.300. The zero-order valence-electron chi connectivity index (χ0n) is 7.47. The van der Waals surface area contributed by atoms with Gasteiger partial charge in [-0.05, 0) is 19.9 Å². The Morgan fingerprint density at radius 3 is 2.46 bits per heavy atom. The number of Topliss-reactive ketones (excluding diaryl/α,β-unsaturated/α-hetero) is 1. The average molecular weight is 184 g/mol. The molecule has 0 radical (unpaired) electrons. The van der Waals surface area contributed by atoms with E-state index in [9.17, 15) is 13.6 Å². The van der Waals surface area contributed by atoms with Gasteiger partial charge in [-0.25, -0.2) is 8.78 Å². The molecule has 0 aliphatic heterocycles. The highest BCUT2D eigenvalue weighted by molar-refractivity contribution is 5.95. The molecule has 0 saturated heterocycles. The number of aryl methyl sites for hydroxylation is 1. The van der Waals surface area contributed by atoms with Gasteiger partial charge in [0.05, 0.1) is 0 Å². The maximum atomic E-state index is 12.4. The summed E-state index contributed by atoms with van der Waals surface area (Å²) in [7, 11) is 0. The predicted molar refractivity (Wildman–Crippen MR) is 46.1 cm³/mol. The first kappa shape index (κ1) is 9.84. The largest absolute Gasteiger partial charge is 0.294 e. The number of benzene rings is 1. The lowest BCUT2D eigenvalue weighted by molar-refractivity contribution is 0.0999. The van der Waals surface area contributed by atoms with Crippen LogP contribution in [0.15, 0.2) is 18.2 Å². The number of rotatable bonds is 2. The van der Waals surface area contributed by atoms with Crippen LogP contribution in [0.25, 0.3) is 0 Å². The van der Waals surface area contributed by atoms with Crippen LogP contribution in [0, 0.1) is 6.92 Å². The van der Waals surface area contributed by atoms with Crippen molar-refractivity contribution >= 4 is 5.78 Å². The molecular formula is C10H10F2O. The summed E-state index contributed by atoms with van der Waals surface area (Å²) < 4.78 is 24.8. The van der Waals surface area contributed by atoms with Crippen molar-refractivity contribution < 1.29 is 13.6 Å². The van der Waals surface area contributed by atoms with Crippen molar-refractivity contribution in [2.75, 3.05) is 0 Å². The van der Waals surface area contributed by atoms with Crippen LogP contribution in [-0.4, -0.2) is 5.78 Å². The van der Waals surface area contributed by atoms with E-state index in [1.807, 2.05) is 0 Å². The monoisotopic (exact) mass is 184 g/mol. The first-order valence-corrected chi connectivity index (χ1v) is 3.92. The van der Waals surface area contributed by atoms with Gasteiger partial charge in [-0.3, -0.25) is 4.79 Å². The number of halogens is 2. The van der Waals surface area contributed by atoms with Gasteiger partial charge < -0.3 is 0 Å². The maximum absolute atomic E-state index is 12.4. The zero-order chi connectivity index (χ0) is 10.0. The minimum atomic E-state index is -2.58. The summed E-state index contributed by atoms with van der Waals surface area (Å²) in [6.45, 7) is 3.01. The molecule has 13 heavy (non-hydrogen) atoms. The summed E-state index contributed by atoms with van der Waals surface area (Å²) in [6.07, 6.45) is -2.58. The molecule has 0 amide bonds. The van der Waals surface area contributed by atoms with Gasteiger partial charge in [0.2, 0.25) is 0 Å². The molecule has 0 unspecified atom stereocenters. The van der Waals surface area contributed by atoms with E-state index in [0.717, 1.165) is 5.56 Å². The fourth-order valence-electron chi connectivity index (χ4n) is 1.18. The van der Waals surface area contributed by atoms with Crippen molar-refractivity contribution in [3.8, 4) is 0 Å². The third kappa shape index (κ3) is 2.11. The van der Waals surface area contributed by atoms with Gasteiger partial charge in [0.25, 0.3) is 6.43 Å². The highest BCUT2D eigenvalue weighted by atomic mass is 19.3. The summed E-state index contributed by atoms with van der Waals surface area (Å²) in [6, 6.07) is 4.45. The molecular weight excluding hydrogens is 174 g/mol. The van der Waals surface area contributed by atoms with Gasteiger partial charge in [-0.15, -0.1) is 0 Å². The Hall–Kier alpha value is -1.25. The lowest BCUT2D eigenvalue weighted by atomic mass is 10.0. The standard InChI is InChI=1S/C10H10F2O/c1-6-3-4-8(7(2)13)9(5-6)10(11)12/h3-5,10H,1-2H3. The third-order valence-corrected chi connectivity index (χ3v) is 1.82. The molecule has 1 aromatic carbocycles. The molecule has 0 saturated carbocycles. The maximum Gasteiger partial charge on any atom is 0.264 e. The van der Waals surface area contributed by atoms with Crippen LogP contribution in [0.4, 0.5) is 8.78 Å². The second-order valence-electron chi connectivity index (χ2n) is 2.95. The number of hydrogen-bond donors (Lipinski definition) is 0. The van der Waals surface area contributed by atoms with Gasteiger partial charge in [-0.2, -0.15) is 0 Å². The molecule has 0 fully saturated rings. The molecule has 0 aliphatic carbocycles. The molecule has 0 aromatic heterocycles. The highest BCUT2D eigenvalue weighted by Crippen LogP contribution is 2.24. The summed E-state index contributed by atoms with van der Waals surface area (Å²) in [5.41, 5.74) is 0.674. The molecule has 1 nitrogen and oxygen atoms in total. The number of carbonyl (C=O) groups excluding carboxylic acids is 1. The molecule has 0 atom stereocenters. The molecule has 0 aliphatic rings. The third-order valence-electron chi connectivity index (χ3n) is 1.82. The van der Waals surface area contributed by atoms with Crippen LogP contribution in [0.2, 0.25) is 0 Å². The Morgan fingerprint density at radius 2 is 2.00 bits per heavy atom. The molecule has 3 heteroatoms. The molecule has 1 aromatic rings. The molecule has 0 heterocycles. The lowest BCUT2D eigenvalue weighted by Gasteiger charge is -2.06. The van der Waals surface area contributed by atoms with Gasteiger partial charge in [0, 0.05) is 11.1 Å². The summed E-state index contributed by atoms with van der Waals surface area (Å²) >= 11 is 0. The molecule has 0 N–H and O–H groups in total. The molecule has 0 spiro atoms. The van der Waals surface area contributed by atoms with Gasteiger partial charge in [0.15, 0.2) is 5.78 Å². The Morgan fingerprint density at radius 1 is 1.38 bits per heavy atom. The SMILES string of the molecule is CC(=O)c1ccc(C)cc1C(F)F. The van der Waals surface area contributed by atoms with Crippen molar-refractivity contribution in [1.29, 1.82) is 0 Å². The van der Waals surface area contributed by atoms with Crippen molar-refractivity contribution in [2.45, 2.75) is 20.3 Å². The van der Waals surface area contributed by atoms with Gasteiger partial charge >= 0.3 is 0 Å². The number of hydrogen-bond acceptors (Lipinski definition) is 1. The Balaban J connectivity index is 3.26. The quantitative estimate of drug-likeness (QED) is 0.645. The average Bonchev–Trinajstić information content (AvgIpc) is 2.03. The van der Waals surface area contributed by atoms with Crippen LogP contribution in [0.1, 0.15) is 34.8 Å². The van der Waals surface area contributed by atoms with E-state index in [-0.39, 0.29) is 16.9 Å². The van der Waals surface area contributed by atoms with Crippen molar-refractivity contribution in [3.63, 3.8) is 0 Å². The normalized spacial score (nSPS) is 10.5. The van der Waals surface area contributed by atoms with E-state index in [0.29, 0.717) is 0 Å². The Labute approximate surface area is 75.4 Å². The first-order chi connectivity index (χ1) is 6.02. The second-order valence-corrected chi connectivity index (χ2v) is 2.95. The van der Waals surface area contributed by atoms with Gasteiger partial charge in [-0.1, -0.05) is 17.7 Å². The summed E-state index contributed by atoms with van der Waals surface area (Å²) in [4.78, 5) is 10.9. The lowest BCUT2D eigenvalue weighted by Crippen LogP contribution is -2.00. The Kier molecular flexibility index (Phi) is 2.76. The highest BCUT2D eigenvalue weighted by Gasteiger charge is 2.15. The minimum absolute atomic E-state index is 0.112. The van der Waals surface area contributed by atoms with Crippen LogP contribution < -0.4 is 0 Å². The molecule has 70 valence electrons. The van der Waals surface area contributed by atoms with E-state index in [4.69, 9.17) is 0 Å². The minimum Gasteiger partial charge on any atom is -0.294 e. The first-order valence-electron chi connectivity index (χ1n) is 3.92. The fourth-order valence-corrected chi connectivity index (χ4v) is 1.18. The van der Waals surface area contributed by atoms with Crippen LogP contribution >= 0.6 is 0 Å². The molecule has 1 rings (SSSR count). The van der Waals surface area contributed by atoms with Crippen LogP contribution in [-0.2, 0) is 0 Å². The van der Waals surface area contributed by atoms with E-state index in [1.54, 1.807) is 13.0 Å². The van der Waals surface area contributed by atoms with Crippen LogP contribution in [0.3, 0.4) is 0 Å². The van der Waals surface area contributed by atoms with Gasteiger partial charge in [0.1, 0.15) is 0 Å². The topological polar surface area (TPSA) is 17.1 Å². The number of alkyl halides is 2. The second kappa shape index (κ2) is 3.64. The summed E-state index contributed by atoms with van der Waals surface area (Å²) in [5, 5.41) is 0. The zero-order valence-corrected chi connectivity index (χ0v) is 7.47. The smallest absolute Gasteiger partial charge is 0.264 e. The molecule has 0 bridgehead atoms. The number of carbonyl (C=O) groups is 1. The Bertz CT molecular complexity index is 332. The van der Waals surface area contributed by atoms with E-state index in [1.165, 1.54) is 19.1 Å².